The number of nitrogens with two attached hydrogens (primary N) is 1. The summed E-state index contributed by atoms with van der Waals surface area (Å²) in [6.07, 6.45) is -0.192. The quantitative estimate of drug-likeness (QED) is 0.750. The zero-order chi connectivity index (χ0) is 11.1. The van der Waals surface area contributed by atoms with Gasteiger partial charge < -0.3 is 10.6 Å². The van der Waals surface area contributed by atoms with E-state index in [9.17, 15) is 8.78 Å². The van der Waals surface area contributed by atoms with Gasteiger partial charge in [-0.05, 0) is 0 Å². The summed E-state index contributed by atoms with van der Waals surface area (Å²) in [7, 11) is 0. The first-order chi connectivity index (χ1) is 6.96. The molecule has 0 unspecified atom stereocenters. The van der Waals surface area contributed by atoms with Gasteiger partial charge in [-0.25, -0.2) is 13.8 Å². The predicted molar refractivity (Wildman–Crippen MR) is 53.2 cm³/mol. The Labute approximate surface area is 90.1 Å². The summed E-state index contributed by atoms with van der Waals surface area (Å²) in [6.45, 7) is -0.167. The van der Waals surface area contributed by atoms with Crippen LogP contribution in [0.3, 0.4) is 0 Å². The van der Waals surface area contributed by atoms with Crippen LogP contribution in [0.25, 0.3) is 0 Å². The summed E-state index contributed by atoms with van der Waals surface area (Å²) in [6, 6.07) is 1.37. The first kappa shape index (κ1) is 10.4. The maximum Gasteiger partial charge on any atom is 0.267 e. The molecule has 4 nitrogen and oxygen atoms in total. The maximum absolute atomic E-state index is 12.9. The van der Waals surface area contributed by atoms with E-state index >= 15 is 0 Å². The molecule has 2 rings (SSSR count). The molecule has 0 amide bonds. The molecule has 0 aromatic carbocycles. The standard InChI is InChI=1S/C8H9ClF2N4/c9-5-3-6(12)14-7(13-5)15-2-1-8(10,11)4-15/h3H,1-2,4H2,(H2,12,13,14). The molecule has 7 heteroatoms. The highest BCUT2D eigenvalue weighted by atomic mass is 35.5. The number of hydrogen-bond acceptors (Lipinski definition) is 4. The van der Waals surface area contributed by atoms with Crippen LogP contribution in [0.15, 0.2) is 6.07 Å². The topological polar surface area (TPSA) is 55.0 Å². The van der Waals surface area contributed by atoms with Crippen LogP contribution in [-0.2, 0) is 0 Å². The van der Waals surface area contributed by atoms with E-state index in [1.54, 1.807) is 0 Å². The van der Waals surface area contributed by atoms with Crippen molar-refractivity contribution >= 4 is 23.4 Å². The molecule has 0 radical (unpaired) electrons. The number of hydrogen-bond donors (Lipinski definition) is 1. The Hall–Kier alpha value is -1.17. The first-order valence-electron chi connectivity index (χ1n) is 4.39. The minimum absolute atomic E-state index is 0.160. The van der Waals surface area contributed by atoms with Gasteiger partial charge >= 0.3 is 0 Å². The maximum atomic E-state index is 12.9. The molecule has 2 heterocycles. The van der Waals surface area contributed by atoms with Crippen molar-refractivity contribution < 1.29 is 8.78 Å². The molecule has 1 aliphatic heterocycles. The van der Waals surface area contributed by atoms with Gasteiger partial charge in [0.1, 0.15) is 11.0 Å². The van der Waals surface area contributed by atoms with Crippen LogP contribution in [0.4, 0.5) is 20.5 Å². The van der Waals surface area contributed by atoms with Crippen molar-refractivity contribution in [2.45, 2.75) is 12.3 Å². The van der Waals surface area contributed by atoms with E-state index < -0.39 is 5.92 Å². The second-order valence-electron chi connectivity index (χ2n) is 3.44. The predicted octanol–water partition coefficient (Wildman–Crippen LogP) is 1.56. The highest BCUT2D eigenvalue weighted by Crippen LogP contribution is 2.29. The van der Waals surface area contributed by atoms with Crippen LogP contribution in [0.2, 0.25) is 5.15 Å². The molecule has 0 spiro atoms. The summed E-state index contributed by atoms with van der Waals surface area (Å²) in [4.78, 5) is 9.08. The molecule has 1 aromatic rings. The molecular formula is C8H9ClF2N4. The fourth-order valence-electron chi connectivity index (χ4n) is 1.47. The van der Waals surface area contributed by atoms with Crippen LogP contribution in [0.5, 0.6) is 0 Å². The van der Waals surface area contributed by atoms with Gasteiger partial charge in [0.05, 0.1) is 6.54 Å². The largest absolute Gasteiger partial charge is 0.383 e. The Balaban J connectivity index is 2.24. The van der Waals surface area contributed by atoms with Gasteiger partial charge in [0.2, 0.25) is 5.95 Å². The van der Waals surface area contributed by atoms with Crippen LogP contribution in [0.1, 0.15) is 6.42 Å². The van der Waals surface area contributed by atoms with Gasteiger partial charge in [0.15, 0.2) is 0 Å². The number of nitrogens with zero attached hydrogens (tertiary/aromatic N) is 3. The monoisotopic (exact) mass is 234 g/mol. The molecule has 15 heavy (non-hydrogen) atoms. The first-order valence-corrected chi connectivity index (χ1v) is 4.77. The zero-order valence-electron chi connectivity index (χ0n) is 7.75. The van der Waals surface area contributed by atoms with Crippen LogP contribution in [-0.4, -0.2) is 29.0 Å². The van der Waals surface area contributed by atoms with E-state index in [4.69, 9.17) is 17.3 Å². The van der Waals surface area contributed by atoms with Gasteiger partial charge in [0.25, 0.3) is 5.92 Å². The van der Waals surface area contributed by atoms with Crippen molar-refractivity contribution in [2.24, 2.45) is 0 Å². The molecule has 0 aliphatic carbocycles. The highest BCUT2D eigenvalue weighted by Gasteiger charge is 2.39. The molecule has 2 N–H and O–H groups in total. The molecule has 1 saturated heterocycles. The number of rotatable bonds is 1. The Kier molecular flexibility index (Phi) is 2.38. The Morgan fingerprint density at radius 2 is 2.20 bits per heavy atom. The lowest BCUT2D eigenvalue weighted by Gasteiger charge is -2.15. The van der Waals surface area contributed by atoms with E-state index in [1.165, 1.54) is 11.0 Å². The fourth-order valence-corrected chi connectivity index (χ4v) is 1.66. The van der Waals surface area contributed by atoms with E-state index in [1.807, 2.05) is 0 Å². The summed E-state index contributed by atoms with van der Waals surface area (Å²) in [5.74, 6) is -2.34. The van der Waals surface area contributed by atoms with E-state index in [0.717, 1.165) is 0 Å². The average molecular weight is 235 g/mol. The minimum atomic E-state index is -2.68. The second kappa shape index (κ2) is 3.44. The number of halogens is 3. The van der Waals surface area contributed by atoms with Crippen LogP contribution >= 0.6 is 11.6 Å². The third kappa shape index (κ3) is 2.26. The lowest BCUT2D eigenvalue weighted by Crippen LogP contribution is -2.26. The number of nitrogen functional groups attached to an aromatic ring is 1. The van der Waals surface area contributed by atoms with Crippen molar-refractivity contribution in [1.29, 1.82) is 0 Å². The van der Waals surface area contributed by atoms with E-state index in [0.29, 0.717) is 0 Å². The lowest BCUT2D eigenvalue weighted by atomic mass is 10.3. The SMILES string of the molecule is Nc1cc(Cl)nc(N2CCC(F)(F)C2)n1. The van der Waals surface area contributed by atoms with Crippen molar-refractivity contribution in [3.63, 3.8) is 0 Å². The van der Waals surface area contributed by atoms with Crippen molar-refractivity contribution in [1.82, 2.24) is 9.97 Å². The van der Waals surface area contributed by atoms with Gasteiger partial charge in [-0.15, -0.1) is 0 Å². The van der Waals surface area contributed by atoms with Crippen LogP contribution in [0, 0.1) is 0 Å². The van der Waals surface area contributed by atoms with Gasteiger partial charge in [-0.1, -0.05) is 11.6 Å². The van der Waals surface area contributed by atoms with Crippen molar-refractivity contribution in [3.8, 4) is 0 Å². The fraction of sp³-hybridized carbons (Fsp3) is 0.500. The van der Waals surface area contributed by atoms with Gasteiger partial charge in [-0.2, -0.15) is 4.98 Å². The molecule has 0 bridgehead atoms. The third-order valence-electron chi connectivity index (χ3n) is 2.16. The summed E-state index contributed by atoms with van der Waals surface area (Å²) in [5.41, 5.74) is 5.44. The number of aromatic nitrogens is 2. The zero-order valence-corrected chi connectivity index (χ0v) is 8.51. The summed E-state index contributed by atoms with van der Waals surface area (Å²) in [5, 5.41) is 0.160. The highest BCUT2D eigenvalue weighted by molar-refractivity contribution is 6.29. The summed E-state index contributed by atoms with van der Waals surface area (Å²) >= 11 is 5.65. The molecule has 82 valence electrons. The Morgan fingerprint density at radius 3 is 2.73 bits per heavy atom. The smallest absolute Gasteiger partial charge is 0.267 e. The van der Waals surface area contributed by atoms with E-state index in [-0.39, 0.29) is 36.4 Å². The lowest BCUT2D eigenvalue weighted by molar-refractivity contribution is 0.0256. The minimum Gasteiger partial charge on any atom is -0.383 e. The van der Waals surface area contributed by atoms with Gasteiger partial charge in [0, 0.05) is 19.0 Å². The normalized spacial score (nSPS) is 19.5. The molecule has 1 aromatic heterocycles. The number of alkyl halides is 2. The Morgan fingerprint density at radius 1 is 1.47 bits per heavy atom. The number of anilines is 2. The molecular weight excluding hydrogens is 226 g/mol. The molecule has 0 saturated carbocycles. The average Bonchev–Trinajstić information content (AvgIpc) is 2.44. The molecule has 1 aliphatic rings. The van der Waals surface area contributed by atoms with Gasteiger partial charge in [-0.3, -0.25) is 0 Å². The van der Waals surface area contributed by atoms with Crippen molar-refractivity contribution in [2.75, 3.05) is 23.7 Å². The third-order valence-corrected chi connectivity index (χ3v) is 2.35. The van der Waals surface area contributed by atoms with E-state index in [2.05, 4.69) is 9.97 Å². The molecule has 0 atom stereocenters. The van der Waals surface area contributed by atoms with Crippen LogP contribution < -0.4 is 10.6 Å². The second-order valence-corrected chi connectivity index (χ2v) is 3.83. The molecule has 1 fully saturated rings. The van der Waals surface area contributed by atoms with Crippen molar-refractivity contribution in [3.05, 3.63) is 11.2 Å². The Bertz CT molecular complexity index is 365. The summed E-state index contributed by atoms with van der Waals surface area (Å²) < 4.78 is 25.8.